The van der Waals surface area contributed by atoms with Crippen molar-refractivity contribution in [2.75, 3.05) is 0 Å². The lowest BCUT2D eigenvalue weighted by atomic mass is 10.8. The van der Waals surface area contributed by atoms with Crippen LogP contribution in [0.25, 0.3) is 0 Å². The van der Waals surface area contributed by atoms with Crippen molar-refractivity contribution in [3.05, 3.63) is 0 Å². The lowest BCUT2D eigenvalue weighted by Gasteiger charge is -2.18. The summed E-state index contributed by atoms with van der Waals surface area (Å²) in [6.45, 7) is 0. The highest BCUT2D eigenvalue weighted by Crippen LogP contribution is 2.49. The first-order valence-corrected chi connectivity index (χ1v) is 4.98. The molecule has 0 bridgehead atoms. The van der Waals surface area contributed by atoms with Crippen LogP contribution in [0.5, 0.6) is 0 Å². The van der Waals surface area contributed by atoms with Gasteiger partial charge in [-0.1, -0.05) is 0 Å². The molecule has 0 amide bonds. The third-order valence-corrected chi connectivity index (χ3v) is 3.97. The van der Waals surface area contributed by atoms with Gasteiger partial charge in [0.25, 0.3) is 4.27 Å². The molecular weight excluding hydrogens is 244 g/mol. The summed E-state index contributed by atoms with van der Waals surface area (Å²) in [6, 6.07) is 0. The second-order valence-electron chi connectivity index (χ2n) is 1.27. The monoisotopic (exact) mass is 245 g/mol. The summed E-state index contributed by atoms with van der Waals surface area (Å²) in [7, 11) is 0. The van der Waals surface area contributed by atoms with Gasteiger partial charge in [0.2, 0.25) is 0 Å². The number of hydrogen-bond acceptors (Lipinski definition) is 4. The van der Waals surface area contributed by atoms with E-state index in [0.29, 0.717) is 0 Å². The number of hydrogen-bond donors (Lipinski definition) is 0. The fourth-order valence-electron chi connectivity index (χ4n) is 0.207. The van der Waals surface area contributed by atoms with Crippen molar-refractivity contribution in [1.29, 1.82) is 0 Å². The minimum atomic E-state index is -2.97. The fraction of sp³-hybridized carbons (Fsp3) is 1.00. The van der Waals surface area contributed by atoms with Gasteiger partial charge in [0.05, 0.1) is 24.3 Å². The lowest BCUT2D eigenvalue weighted by Crippen LogP contribution is -2.25. The summed E-state index contributed by atoms with van der Waals surface area (Å²) in [5.74, 6) is 0. The fourth-order valence-corrected chi connectivity index (χ4v) is 1.65. The van der Waals surface area contributed by atoms with Gasteiger partial charge in [-0.2, -0.15) is 20.6 Å². The maximum atomic E-state index is 11.6. The molecule has 0 aromatic rings. The molecule has 0 aromatic carbocycles. The molecule has 0 aliphatic rings. The number of halogens is 4. The highest BCUT2D eigenvalue weighted by Gasteiger charge is 2.46. The van der Waals surface area contributed by atoms with Gasteiger partial charge in [-0.15, -0.1) is 0 Å². The van der Waals surface area contributed by atoms with Gasteiger partial charge < -0.3 is 0 Å². The predicted molar refractivity (Wildman–Crippen MR) is 42.0 cm³/mol. The normalized spacial score (nSPS) is 12.5. The van der Waals surface area contributed by atoms with Crippen molar-refractivity contribution in [3.63, 3.8) is 0 Å². The molecule has 0 atom stereocenters. The van der Waals surface area contributed by atoms with Crippen LogP contribution in [0.2, 0.25) is 0 Å². The van der Waals surface area contributed by atoms with Crippen molar-refractivity contribution >= 4 is 48.6 Å². The van der Waals surface area contributed by atoms with E-state index >= 15 is 0 Å². The summed E-state index contributed by atoms with van der Waals surface area (Å²) in [4.78, 5) is 0. The van der Waals surface area contributed by atoms with Crippen molar-refractivity contribution in [2.24, 2.45) is 0 Å². The predicted octanol–water partition coefficient (Wildman–Crippen LogP) is 3.87. The Morgan fingerprint density at radius 2 is 1.36 bits per heavy atom. The third-order valence-electron chi connectivity index (χ3n) is 0.666. The molecule has 0 spiro atoms. The lowest BCUT2D eigenvalue weighted by molar-refractivity contribution is 0.143. The molecule has 0 unspecified atom stereocenters. The molecule has 0 fully saturated rings. The second kappa shape index (κ2) is 5.68. The SMILES string of the molecule is [O]C(SF)(SF)C(SF)SF. The summed E-state index contributed by atoms with van der Waals surface area (Å²) in [6.07, 6.45) is 0. The largest absolute Gasteiger partial charge is 0.279 e. The van der Waals surface area contributed by atoms with E-state index in [4.69, 9.17) is 0 Å². The maximum Gasteiger partial charge on any atom is 0.279 e. The van der Waals surface area contributed by atoms with Gasteiger partial charge in [-0.3, -0.25) is 0 Å². The van der Waals surface area contributed by atoms with Crippen LogP contribution in [0.4, 0.5) is 15.5 Å². The standard InChI is InChI=1S/C2HF4OS4/c3-8-1(9-4)2(7,10-5)11-6/h1H. The zero-order chi connectivity index (χ0) is 8.91. The minimum absolute atomic E-state index is 0.720. The van der Waals surface area contributed by atoms with E-state index in [9.17, 15) is 20.6 Å². The van der Waals surface area contributed by atoms with E-state index < -0.39 is 57.4 Å². The Balaban J connectivity index is 4.19. The molecule has 0 aliphatic carbocycles. The van der Waals surface area contributed by atoms with Gasteiger partial charge in [0, 0.05) is 0 Å². The van der Waals surface area contributed by atoms with E-state index in [-0.39, 0.29) is 0 Å². The van der Waals surface area contributed by atoms with Crippen LogP contribution >= 0.6 is 48.6 Å². The van der Waals surface area contributed by atoms with Crippen LogP contribution in [0, 0.1) is 0 Å². The van der Waals surface area contributed by atoms with Gasteiger partial charge >= 0.3 is 0 Å². The van der Waals surface area contributed by atoms with Crippen molar-refractivity contribution in [2.45, 2.75) is 8.85 Å². The molecule has 11 heavy (non-hydrogen) atoms. The van der Waals surface area contributed by atoms with Gasteiger partial charge in [0.15, 0.2) is 4.58 Å². The Bertz CT molecular complexity index is 106. The van der Waals surface area contributed by atoms with Gasteiger partial charge in [-0.05, 0) is 0 Å². The Morgan fingerprint density at radius 3 is 1.45 bits per heavy atom. The molecular formula is C2HF4OS4. The highest BCUT2D eigenvalue weighted by molar-refractivity contribution is 8.19. The van der Waals surface area contributed by atoms with Crippen molar-refractivity contribution < 1.29 is 20.6 Å². The van der Waals surface area contributed by atoms with E-state index in [1.165, 1.54) is 0 Å². The summed E-state index contributed by atoms with van der Waals surface area (Å²) >= 11 is -3.36. The summed E-state index contributed by atoms with van der Waals surface area (Å²) in [5.41, 5.74) is 0. The first-order chi connectivity index (χ1) is 5.14. The molecule has 9 heteroatoms. The van der Waals surface area contributed by atoms with E-state index in [2.05, 4.69) is 0 Å². The first-order valence-electron chi connectivity index (χ1n) is 1.99. The Kier molecular flexibility index (Phi) is 6.24. The van der Waals surface area contributed by atoms with Crippen LogP contribution < -0.4 is 0 Å². The smallest absolute Gasteiger partial charge is 0.197 e. The van der Waals surface area contributed by atoms with Crippen LogP contribution in [-0.4, -0.2) is 8.85 Å². The third kappa shape index (κ3) is 3.13. The quantitative estimate of drug-likeness (QED) is 0.541. The molecule has 67 valence electrons. The average molecular weight is 245 g/mol. The maximum absolute atomic E-state index is 11.6. The van der Waals surface area contributed by atoms with Crippen LogP contribution in [0.3, 0.4) is 0 Å². The molecule has 1 nitrogen and oxygen atoms in total. The van der Waals surface area contributed by atoms with E-state index in [1.54, 1.807) is 0 Å². The molecule has 1 radical (unpaired) electrons. The van der Waals surface area contributed by atoms with Crippen molar-refractivity contribution in [3.8, 4) is 0 Å². The molecule has 0 heterocycles. The Morgan fingerprint density at radius 1 is 1.00 bits per heavy atom. The van der Waals surface area contributed by atoms with Crippen LogP contribution in [-0.2, 0) is 5.11 Å². The van der Waals surface area contributed by atoms with Crippen molar-refractivity contribution in [1.82, 2.24) is 0 Å². The topological polar surface area (TPSA) is 19.9 Å². The highest BCUT2D eigenvalue weighted by atomic mass is 32.3. The molecule has 0 aromatic heterocycles. The molecule has 0 rings (SSSR count). The average Bonchev–Trinajstić information content (AvgIpc) is 2.06. The first kappa shape index (κ1) is 12.1. The van der Waals surface area contributed by atoms with E-state index in [1.807, 2.05) is 0 Å². The zero-order valence-electron chi connectivity index (χ0n) is 4.63. The zero-order valence-corrected chi connectivity index (χ0v) is 7.90. The molecule has 0 N–H and O–H groups in total. The Labute approximate surface area is 78.2 Å². The number of rotatable bonds is 5. The molecule has 0 aliphatic heterocycles. The second-order valence-corrected chi connectivity index (χ2v) is 4.65. The molecule has 0 saturated carbocycles. The van der Waals surface area contributed by atoms with Gasteiger partial charge in [-0.25, -0.2) is 0 Å². The molecule has 0 saturated heterocycles. The summed E-state index contributed by atoms with van der Waals surface area (Å²) < 4.78 is 41.6. The minimum Gasteiger partial charge on any atom is -0.197 e. The van der Waals surface area contributed by atoms with Crippen LogP contribution in [0.15, 0.2) is 0 Å². The van der Waals surface area contributed by atoms with Gasteiger partial charge in [0.1, 0.15) is 24.3 Å². The Hall–Kier alpha value is 1.08. The summed E-state index contributed by atoms with van der Waals surface area (Å²) in [5, 5.41) is 10.7. The van der Waals surface area contributed by atoms with E-state index in [0.717, 1.165) is 0 Å². The van der Waals surface area contributed by atoms with Crippen LogP contribution in [0.1, 0.15) is 0 Å².